The summed E-state index contributed by atoms with van der Waals surface area (Å²) in [6, 6.07) is 9.87. The van der Waals surface area contributed by atoms with E-state index in [-0.39, 0.29) is 11.8 Å². The van der Waals surface area contributed by atoms with Gasteiger partial charge in [0.25, 0.3) is 0 Å². The molecule has 3 heteroatoms. The zero-order valence-corrected chi connectivity index (χ0v) is 11.3. The lowest BCUT2D eigenvalue weighted by Crippen LogP contribution is -2.37. The molecule has 1 unspecified atom stereocenters. The maximum atomic E-state index is 11.9. The number of aliphatic hydroxyl groups is 1. The maximum Gasteiger partial charge on any atom is 0.223 e. The predicted molar refractivity (Wildman–Crippen MR) is 75.7 cm³/mol. The Balaban J connectivity index is 1.71. The number of carbonyl (C=O) groups is 1. The summed E-state index contributed by atoms with van der Waals surface area (Å²) in [5.41, 5.74) is 1.10. The molecule has 0 aromatic heterocycles. The molecular formula is C16H23NO2. The zero-order chi connectivity index (χ0) is 13.5. The van der Waals surface area contributed by atoms with Gasteiger partial charge in [-0.15, -0.1) is 0 Å². The molecule has 0 radical (unpaired) electrons. The molecule has 1 amide bonds. The third kappa shape index (κ3) is 4.67. The SMILES string of the molecule is O=C(NCC(O)Cc1ccccc1)C1CCCCC1. The van der Waals surface area contributed by atoms with Crippen molar-refractivity contribution in [2.24, 2.45) is 5.92 Å². The molecule has 0 aliphatic heterocycles. The highest BCUT2D eigenvalue weighted by Gasteiger charge is 2.21. The summed E-state index contributed by atoms with van der Waals surface area (Å²) >= 11 is 0. The number of carbonyl (C=O) groups excluding carboxylic acids is 1. The quantitative estimate of drug-likeness (QED) is 0.854. The van der Waals surface area contributed by atoms with Crippen molar-refractivity contribution in [2.45, 2.75) is 44.6 Å². The van der Waals surface area contributed by atoms with Gasteiger partial charge in [-0.3, -0.25) is 4.79 Å². The Morgan fingerprint density at radius 1 is 1.21 bits per heavy atom. The molecular weight excluding hydrogens is 238 g/mol. The number of rotatable bonds is 5. The average molecular weight is 261 g/mol. The number of nitrogens with one attached hydrogen (secondary N) is 1. The van der Waals surface area contributed by atoms with Gasteiger partial charge in [0.05, 0.1) is 6.10 Å². The average Bonchev–Trinajstić information content (AvgIpc) is 2.47. The fourth-order valence-electron chi connectivity index (χ4n) is 2.69. The van der Waals surface area contributed by atoms with Gasteiger partial charge in [-0.05, 0) is 18.4 Å². The molecule has 1 aliphatic rings. The molecule has 1 saturated carbocycles. The van der Waals surface area contributed by atoms with E-state index < -0.39 is 6.10 Å². The fourth-order valence-corrected chi connectivity index (χ4v) is 2.69. The molecule has 1 aliphatic carbocycles. The summed E-state index contributed by atoms with van der Waals surface area (Å²) in [6.07, 6.45) is 5.65. The van der Waals surface area contributed by atoms with Crippen molar-refractivity contribution in [1.82, 2.24) is 5.32 Å². The highest BCUT2D eigenvalue weighted by Crippen LogP contribution is 2.23. The molecule has 1 aromatic carbocycles. The first-order chi connectivity index (χ1) is 9.25. The third-order valence-electron chi connectivity index (χ3n) is 3.80. The van der Waals surface area contributed by atoms with Gasteiger partial charge in [-0.2, -0.15) is 0 Å². The van der Waals surface area contributed by atoms with Crippen molar-refractivity contribution >= 4 is 5.91 Å². The summed E-state index contributed by atoms with van der Waals surface area (Å²) in [6.45, 7) is 0.351. The van der Waals surface area contributed by atoms with Crippen LogP contribution in [0.5, 0.6) is 0 Å². The van der Waals surface area contributed by atoms with Crippen LogP contribution < -0.4 is 5.32 Å². The Hall–Kier alpha value is -1.35. The summed E-state index contributed by atoms with van der Waals surface area (Å²) in [5, 5.41) is 12.8. The van der Waals surface area contributed by atoms with E-state index in [2.05, 4.69) is 5.32 Å². The normalized spacial score (nSPS) is 17.9. The monoisotopic (exact) mass is 261 g/mol. The van der Waals surface area contributed by atoms with Crippen molar-refractivity contribution in [3.05, 3.63) is 35.9 Å². The summed E-state index contributed by atoms with van der Waals surface area (Å²) in [4.78, 5) is 11.9. The first-order valence-corrected chi connectivity index (χ1v) is 7.25. The first-order valence-electron chi connectivity index (χ1n) is 7.25. The Morgan fingerprint density at radius 3 is 2.58 bits per heavy atom. The Bertz CT molecular complexity index is 385. The van der Waals surface area contributed by atoms with Crippen molar-refractivity contribution in [3.63, 3.8) is 0 Å². The van der Waals surface area contributed by atoms with Crippen LogP contribution in [0.4, 0.5) is 0 Å². The van der Waals surface area contributed by atoms with Gasteiger partial charge in [-0.1, -0.05) is 49.6 Å². The van der Waals surface area contributed by atoms with Crippen LogP contribution in [0.2, 0.25) is 0 Å². The second kappa shape index (κ2) is 7.29. The summed E-state index contributed by atoms with van der Waals surface area (Å²) in [7, 11) is 0. The minimum Gasteiger partial charge on any atom is -0.391 e. The van der Waals surface area contributed by atoms with Crippen molar-refractivity contribution < 1.29 is 9.90 Å². The topological polar surface area (TPSA) is 49.3 Å². The fraction of sp³-hybridized carbons (Fsp3) is 0.562. The summed E-state index contributed by atoms with van der Waals surface area (Å²) in [5.74, 6) is 0.282. The van der Waals surface area contributed by atoms with E-state index in [1.807, 2.05) is 30.3 Å². The molecule has 2 N–H and O–H groups in total. The lowest BCUT2D eigenvalue weighted by Gasteiger charge is -2.21. The number of benzene rings is 1. The predicted octanol–water partition coefficient (Wildman–Crippen LogP) is 2.29. The van der Waals surface area contributed by atoms with Crippen LogP contribution in [0.25, 0.3) is 0 Å². The van der Waals surface area contributed by atoms with Gasteiger partial charge in [0, 0.05) is 18.9 Å². The molecule has 0 heterocycles. The van der Waals surface area contributed by atoms with Crippen LogP contribution in [0.1, 0.15) is 37.7 Å². The van der Waals surface area contributed by atoms with E-state index in [1.165, 1.54) is 6.42 Å². The van der Waals surface area contributed by atoms with Crippen LogP contribution in [-0.4, -0.2) is 23.7 Å². The van der Waals surface area contributed by atoms with Gasteiger partial charge in [0.2, 0.25) is 5.91 Å². The molecule has 19 heavy (non-hydrogen) atoms. The van der Waals surface area contributed by atoms with Crippen LogP contribution in [-0.2, 0) is 11.2 Å². The van der Waals surface area contributed by atoms with Gasteiger partial charge in [0.1, 0.15) is 0 Å². The highest BCUT2D eigenvalue weighted by atomic mass is 16.3. The van der Waals surface area contributed by atoms with E-state index in [1.54, 1.807) is 0 Å². The molecule has 2 rings (SSSR count). The highest BCUT2D eigenvalue weighted by molar-refractivity contribution is 5.78. The number of hydrogen-bond donors (Lipinski definition) is 2. The summed E-state index contributed by atoms with van der Waals surface area (Å²) < 4.78 is 0. The van der Waals surface area contributed by atoms with Gasteiger partial charge >= 0.3 is 0 Å². The molecule has 1 aromatic rings. The van der Waals surface area contributed by atoms with Crippen LogP contribution >= 0.6 is 0 Å². The van der Waals surface area contributed by atoms with Crippen molar-refractivity contribution in [1.29, 1.82) is 0 Å². The standard InChI is InChI=1S/C16H23NO2/c18-15(11-13-7-3-1-4-8-13)12-17-16(19)14-9-5-2-6-10-14/h1,3-4,7-8,14-15,18H,2,5-6,9-12H2,(H,17,19). The van der Waals surface area contributed by atoms with Crippen LogP contribution in [0.15, 0.2) is 30.3 Å². The molecule has 104 valence electrons. The van der Waals surface area contributed by atoms with Crippen LogP contribution in [0.3, 0.4) is 0 Å². The van der Waals surface area contributed by atoms with Crippen LogP contribution in [0, 0.1) is 5.92 Å². The van der Waals surface area contributed by atoms with Crippen molar-refractivity contribution in [2.75, 3.05) is 6.54 Å². The first kappa shape index (κ1) is 14.1. The Morgan fingerprint density at radius 2 is 1.89 bits per heavy atom. The Labute approximate surface area is 115 Å². The van der Waals surface area contributed by atoms with Crippen molar-refractivity contribution in [3.8, 4) is 0 Å². The minimum absolute atomic E-state index is 0.117. The molecule has 3 nitrogen and oxygen atoms in total. The van der Waals surface area contributed by atoms with E-state index in [0.717, 1.165) is 31.2 Å². The van der Waals surface area contributed by atoms with E-state index >= 15 is 0 Å². The number of aliphatic hydroxyl groups excluding tert-OH is 1. The molecule has 0 spiro atoms. The second-order valence-corrected chi connectivity index (χ2v) is 5.42. The number of hydrogen-bond acceptors (Lipinski definition) is 2. The lowest BCUT2D eigenvalue weighted by molar-refractivity contribution is -0.126. The third-order valence-corrected chi connectivity index (χ3v) is 3.80. The van der Waals surface area contributed by atoms with E-state index in [0.29, 0.717) is 13.0 Å². The molecule has 1 atom stereocenters. The largest absolute Gasteiger partial charge is 0.391 e. The Kier molecular flexibility index (Phi) is 5.40. The molecule has 0 bridgehead atoms. The molecule has 1 fully saturated rings. The second-order valence-electron chi connectivity index (χ2n) is 5.42. The maximum absolute atomic E-state index is 11.9. The van der Waals surface area contributed by atoms with Gasteiger partial charge in [0.15, 0.2) is 0 Å². The van der Waals surface area contributed by atoms with E-state index in [9.17, 15) is 9.90 Å². The van der Waals surface area contributed by atoms with Gasteiger partial charge in [-0.25, -0.2) is 0 Å². The zero-order valence-electron chi connectivity index (χ0n) is 11.3. The van der Waals surface area contributed by atoms with Gasteiger partial charge < -0.3 is 10.4 Å². The number of amides is 1. The lowest BCUT2D eigenvalue weighted by atomic mass is 9.88. The van der Waals surface area contributed by atoms with E-state index in [4.69, 9.17) is 0 Å². The molecule has 0 saturated heterocycles. The minimum atomic E-state index is -0.505. The smallest absolute Gasteiger partial charge is 0.223 e.